The highest BCUT2D eigenvalue weighted by Gasteiger charge is 2.20. The molecule has 0 radical (unpaired) electrons. The molecule has 2 unspecified atom stereocenters. The van der Waals surface area contributed by atoms with E-state index in [0.717, 1.165) is 35.3 Å². The van der Waals surface area contributed by atoms with Gasteiger partial charge in [0.05, 0.1) is 11.4 Å². The second-order valence-corrected chi connectivity index (χ2v) is 5.44. The number of hydrogen-bond acceptors (Lipinski definition) is 2. The molecule has 2 rings (SSSR count). The minimum absolute atomic E-state index is 0.809. The number of nitrogens with two attached hydrogens (primary N) is 1. The number of para-hydroxylation sites is 1. The lowest BCUT2D eigenvalue weighted by molar-refractivity contribution is 0.268. The number of anilines is 2. The zero-order chi connectivity index (χ0) is 12.3. The van der Waals surface area contributed by atoms with Gasteiger partial charge in [0.25, 0.3) is 0 Å². The van der Waals surface area contributed by atoms with E-state index in [0.29, 0.717) is 0 Å². The highest BCUT2D eigenvalue weighted by Crippen LogP contribution is 2.30. The van der Waals surface area contributed by atoms with E-state index in [9.17, 15) is 0 Å². The lowest BCUT2D eigenvalue weighted by atomic mass is 9.80. The highest BCUT2D eigenvalue weighted by atomic mass is 14.9. The zero-order valence-electron chi connectivity index (χ0n) is 11.0. The number of nitrogens with one attached hydrogen (secondary N) is 1. The molecular weight excluding hydrogens is 208 g/mol. The predicted molar refractivity (Wildman–Crippen MR) is 75.2 cm³/mol. The van der Waals surface area contributed by atoms with Crippen molar-refractivity contribution in [1.29, 1.82) is 0 Å². The minimum atomic E-state index is 0.809. The first-order valence-electron chi connectivity index (χ1n) is 6.77. The number of nitrogen functional groups attached to an aromatic ring is 1. The van der Waals surface area contributed by atoms with Crippen LogP contribution in [0.5, 0.6) is 0 Å². The maximum Gasteiger partial charge on any atom is 0.0579 e. The van der Waals surface area contributed by atoms with E-state index in [-0.39, 0.29) is 0 Å². The van der Waals surface area contributed by atoms with Gasteiger partial charge in [-0.05, 0) is 36.8 Å². The van der Waals surface area contributed by atoms with Crippen LogP contribution in [0.1, 0.15) is 38.2 Å². The fourth-order valence-electron chi connectivity index (χ4n) is 2.77. The Bertz CT molecular complexity index is 373. The Labute approximate surface area is 105 Å². The molecular formula is C15H24N2. The molecule has 0 aromatic heterocycles. The average Bonchev–Trinajstić information content (AvgIpc) is 2.33. The Morgan fingerprint density at radius 1 is 1.29 bits per heavy atom. The predicted octanol–water partition coefficient (Wildman–Crippen LogP) is 3.82. The van der Waals surface area contributed by atoms with Gasteiger partial charge in [0.15, 0.2) is 0 Å². The quantitative estimate of drug-likeness (QED) is 0.778. The van der Waals surface area contributed by atoms with Gasteiger partial charge in [-0.25, -0.2) is 0 Å². The summed E-state index contributed by atoms with van der Waals surface area (Å²) in [4.78, 5) is 0. The van der Waals surface area contributed by atoms with Crippen LogP contribution in [0.2, 0.25) is 0 Å². The third kappa shape index (κ3) is 2.93. The SMILES string of the molecule is Cc1cccc(NCC2CCCCC2C)c1N. The summed E-state index contributed by atoms with van der Waals surface area (Å²) in [5.41, 5.74) is 9.23. The van der Waals surface area contributed by atoms with Gasteiger partial charge in [-0.1, -0.05) is 38.3 Å². The molecule has 0 heterocycles. The highest BCUT2D eigenvalue weighted by molar-refractivity contribution is 5.69. The van der Waals surface area contributed by atoms with Crippen LogP contribution in [0, 0.1) is 18.8 Å². The molecule has 1 aliphatic carbocycles. The van der Waals surface area contributed by atoms with E-state index in [2.05, 4.69) is 37.4 Å². The fraction of sp³-hybridized carbons (Fsp3) is 0.600. The van der Waals surface area contributed by atoms with Gasteiger partial charge in [0.1, 0.15) is 0 Å². The maximum atomic E-state index is 6.07. The molecule has 17 heavy (non-hydrogen) atoms. The summed E-state index contributed by atoms with van der Waals surface area (Å²) in [6.07, 6.45) is 5.54. The number of hydrogen-bond donors (Lipinski definition) is 2. The van der Waals surface area contributed by atoms with E-state index in [4.69, 9.17) is 5.73 Å². The van der Waals surface area contributed by atoms with Gasteiger partial charge in [-0.2, -0.15) is 0 Å². The van der Waals surface area contributed by atoms with Crippen LogP contribution < -0.4 is 11.1 Å². The molecule has 0 aliphatic heterocycles. The topological polar surface area (TPSA) is 38.0 Å². The average molecular weight is 232 g/mol. The molecule has 1 aliphatic rings. The molecule has 94 valence electrons. The van der Waals surface area contributed by atoms with E-state index < -0.39 is 0 Å². The molecule has 0 spiro atoms. The molecule has 1 aromatic carbocycles. The first-order chi connectivity index (χ1) is 8.18. The first kappa shape index (κ1) is 12.3. The lowest BCUT2D eigenvalue weighted by Crippen LogP contribution is -2.24. The molecule has 1 fully saturated rings. The van der Waals surface area contributed by atoms with E-state index in [1.54, 1.807) is 0 Å². The molecule has 3 N–H and O–H groups in total. The summed E-state index contributed by atoms with van der Waals surface area (Å²) < 4.78 is 0. The Morgan fingerprint density at radius 2 is 2.06 bits per heavy atom. The summed E-state index contributed by atoms with van der Waals surface area (Å²) in [5, 5.41) is 3.53. The molecule has 0 amide bonds. The molecule has 1 saturated carbocycles. The molecule has 0 saturated heterocycles. The van der Waals surface area contributed by atoms with Crippen molar-refractivity contribution in [1.82, 2.24) is 0 Å². The smallest absolute Gasteiger partial charge is 0.0579 e. The zero-order valence-corrected chi connectivity index (χ0v) is 11.0. The molecule has 2 heteroatoms. The summed E-state index contributed by atoms with van der Waals surface area (Å²) >= 11 is 0. The van der Waals surface area contributed by atoms with Crippen molar-refractivity contribution in [3.8, 4) is 0 Å². The maximum absolute atomic E-state index is 6.07. The van der Waals surface area contributed by atoms with E-state index in [1.807, 2.05) is 0 Å². The van der Waals surface area contributed by atoms with Crippen LogP contribution in [0.15, 0.2) is 18.2 Å². The third-order valence-electron chi connectivity index (χ3n) is 4.17. The van der Waals surface area contributed by atoms with Crippen LogP contribution in [0.25, 0.3) is 0 Å². The fourth-order valence-corrected chi connectivity index (χ4v) is 2.77. The van der Waals surface area contributed by atoms with Gasteiger partial charge in [0.2, 0.25) is 0 Å². The van der Waals surface area contributed by atoms with Gasteiger partial charge in [-0.3, -0.25) is 0 Å². The van der Waals surface area contributed by atoms with E-state index >= 15 is 0 Å². The summed E-state index contributed by atoms with van der Waals surface area (Å²) in [6.45, 7) is 5.50. The largest absolute Gasteiger partial charge is 0.397 e. The summed E-state index contributed by atoms with van der Waals surface area (Å²) in [5.74, 6) is 1.66. The number of rotatable bonds is 3. The standard InChI is InChI=1S/C15H24N2/c1-11-6-3-4-8-13(11)10-17-14-9-5-7-12(2)15(14)16/h5,7,9,11,13,17H,3-4,6,8,10,16H2,1-2H3. The van der Waals surface area contributed by atoms with Gasteiger partial charge >= 0.3 is 0 Å². The van der Waals surface area contributed by atoms with Gasteiger partial charge in [0, 0.05) is 6.54 Å². The van der Waals surface area contributed by atoms with Crippen LogP contribution in [-0.2, 0) is 0 Å². The molecule has 0 bridgehead atoms. The second kappa shape index (κ2) is 5.44. The van der Waals surface area contributed by atoms with Gasteiger partial charge in [-0.15, -0.1) is 0 Å². The van der Waals surface area contributed by atoms with Crippen LogP contribution in [-0.4, -0.2) is 6.54 Å². The van der Waals surface area contributed by atoms with Crippen molar-refractivity contribution in [2.75, 3.05) is 17.6 Å². The van der Waals surface area contributed by atoms with Crippen molar-refractivity contribution >= 4 is 11.4 Å². The third-order valence-corrected chi connectivity index (χ3v) is 4.17. The molecule has 2 atom stereocenters. The van der Waals surface area contributed by atoms with Crippen molar-refractivity contribution in [3.63, 3.8) is 0 Å². The van der Waals surface area contributed by atoms with Crippen LogP contribution in [0.3, 0.4) is 0 Å². The molecule has 1 aromatic rings. The Kier molecular flexibility index (Phi) is 3.93. The van der Waals surface area contributed by atoms with Crippen molar-refractivity contribution in [3.05, 3.63) is 23.8 Å². The summed E-state index contributed by atoms with van der Waals surface area (Å²) in [7, 11) is 0. The summed E-state index contributed by atoms with van der Waals surface area (Å²) in [6, 6.07) is 6.21. The normalized spacial score (nSPS) is 24.6. The Balaban J connectivity index is 1.95. The van der Waals surface area contributed by atoms with Crippen molar-refractivity contribution < 1.29 is 0 Å². The van der Waals surface area contributed by atoms with Crippen LogP contribution in [0.4, 0.5) is 11.4 Å². The van der Waals surface area contributed by atoms with Crippen molar-refractivity contribution in [2.24, 2.45) is 11.8 Å². The van der Waals surface area contributed by atoms with Crippen molar-refractivity contribution in [2.45, 2.75) is 39.5 Å². The van der Waals surface area contributed by atoms with Gasteiger partial charge < -0.3 is 11.1 Å². The molecule has 2 nitrogen and oxygen atoms in total. The minimum Gasteiger partial charge on any atom is -0.397 e. The monoisotopic (exact) mass is 232 g/mol. The Morgan fingerprint density at radius 3 is 2.82 bits per heavy atom. The number of benzene rings is 1. The van der Waals surface area contributed by atoms with Crippen LogP contribution >= 0.6 is 0 Å². The lowest BCUT2D eigenvalue weighted by Gasteiger charge is -2.29. The second-order valence-electron chi connectivity index (χ2n) is 5.44. The number of aryl methyl sites for hydroxylation is 1. The first-order valence-corrected chi connectivity index (χ1v) is 6.77. The van der Waals surface area contributed by atoms with E-state index in [1.165, 1.54) is 25.7 Å². The Hall–Kier alpha value is -1.18.